The fraction of sp³-hybridized carbons (Fsp3) is 0.617. The van der Waals surface area contributed by atoms with Gasteiger partial charge < -0.3 is 51.3 Å². The summed E-state index contributed by atoms with van der Waals surface area (Å²) >= 11 is 2.23. The smallest absolute Gasteiger partial charge is 0.317 e. The van der Waals surface area contributed by atoms with E-state index in [1.807, 2.05) is 47.4 Å². The Morgan fingerprint density at radius 2 is 1.33 bits per heavy atom. The number of carbonyl (C=O) groups is 10. The second kappa shape index (κ2) is 33.0. The Hall–Kier alpha value is -6.94. The molecule has 25 nitrogen and oxygen atoms in total. The van der Waals surface area contributed by atoms with Crippen LogP contribution in [-0.4, -0.2) is 244 Å². The highest BCUT2D eigenvalue weighted by Gasteiger charge is 2.50. The fourth-order valence-corrected chi connectivity index (χ4v) is 12.5. The zero-order valence-electron chi connectivity index (χ0n) is 49.5. The van der Waals surface area contributed by atoms with Gasteiger partial charge in [-0.2, -0.15) is 5.26 Å². The molecule has 28 heteroatoms. The predicted molar refractivity (Wildman–Crippen MR) is 322 cm³/mol. The molecular weight excluding hydrogens is 1260 g/mol. The quantitative estimate of drug-likeness (QED) is 0.0509. The molecule has 7 amide bonds. The fourth-order valence-electron chi connectivity index (χ4n) is 12.1. The first kappa shape index (κ1) is 68.5. The van der Waals surface area contributed by atoms with E-state index < -0.39 is 78.6 Å². The third-order valence-corrected chi connectivity index (χ3v) is 17.7. The summed E-state index contributed by atoms with van der Waals surface area (Å²) in [6.45, 7) is 1.47. The lowest BCUT2D eigenvalue weighted by Gasteiger charge is -2.35. The molecule has 0 bridgehead atoms. The van der Waals surface area contributed by atoms with E-state index in [1.165, 1.54) is 0 Å². The molecular formula is C60H81F2IN12O13. The largest absolute Gasteiger partial charge is 0.480 e. The van der Waals surface area contributed by atoms with Crippen molar-refractivity contribution in [3.63, 3.8) is 0 Å². The molecule has 5 aliphatic heterocycles. The third-order valence-electron chi connectivity index (χ3n) is 17.0. The van der Waals surface area contributed by atoms with Gasteiger partial charge in [0.2, 0.25) is 41.4 Å². The number of benzene rings is 2. The molecule has 2 aromatic carbocycles. The van der Waals surface area contributed by atoms with Crippen molar-refractivity contribution in [3.8, 4) is 6.07 Å². The van der Waals surface area contributed by atoms with Gasteiger partial charge in [0.05, 0.1) is 45.3 Å². The molecule has 0 saturated carbocycles. The number of amides is 7. The van der Waals surface area contributed by atoms with E-state index in [4.69, 9.17) is 0 Å². The summed E-state index contributed by atoms with van der Waals surface area (Å²) in [5.74, 6) is -10.1. The molecule has 7 rings (SSSR count). The third kappa shape index (κ3) is 21.4. The van der Waals surface area contributed by atoms with Crippen molar-refractivity contribution in [3.05, 3.63) is 68.3 Å². The molecule has 4 atom stereocenters. The van der Waals surface area contributed by atoms with E-state index in [0.717, 1.165) is 30.7 Å². The molecule has 0 radical (unpaired) electrons. The molecule has 7 N–H and O–H groups in total. The van der Waals surface area contributed by atoms with Gasteiger partial charge in [-0.05, 0) is 121 Å². The van der Waals surface area contributed by atoms with Crippen LogP contribution in [0.2, 0.25) is 0 Å². The van der Waals surface area contributed by atoms with Crippen molar-refractivity contribution in [1.82, 2.24) is 55.6 Å². The lowest BCUT2D eigenvalue weighted by molar-refractivity contribution is -0.140. The average molecular weight is 1340 g/mol. The summed E-state index contributed by atoms with van der Waals surface area (Å²) in [4.78, 5) is 140. The van der Waals surface area contributed by atoms with Gasteiger partial charge in [-0.1, -0.05) is 30.3 Å². The van der Waals surface area contributed by atoms with Crippen LogP contribution in [0.25, 0.3) is 0 Å². The molecule has 2 aromatic rings. The molecule has 4 saturated heterocycles. The number of likely N-dealkylation sites (tertiary alicyclic amines) is 2. The number of piperidine rings is 1. The highest BCUT2D eigenvalue weighted by Crippen LogP contribution is 2.35. The Morgan fingerprint density at radius 1 is 0.727 bits per heavy atom. The number of rotatable bonds is 26. The second-order valence-corrected chi connectivity index (χ2v) is 24.9. The van der Waals surface area contributed by atoms with Gasteiger partial charge in [-0.25, -0.2) is 8.78 Å². The number of unbranched alkanes of at least 4 members (excludes halogenated alkanes) is 1. The molecule has 0 aliphatic carbocycles. The standard InChI is InChI=1S/C60H81F2IN12O13/c61-60(62)30-46(31-64)75(39-60)59(88)49-28-44(57(86)68-49)29-53(79)74-33-43-7-4-6-42(47(43)34-74)27-41-14-17-73(18-15-41)58(87)48(67-51(77)32-66-50(76)9-3-5-40-10-12-45(63)13-11-40)8-1-2-16-65-52(78)35-69-19-21-70(36-54(80)81)23-25-72(38-56(84)85)26-24-71(22-20-69)37-55(82)83/h4,6-7,10-13,41,44,46,48-49H,1-3,5,8-9,14-30,32-39H2,(H,65,78)(H,66,76)(H,67,77)(H,68,86)(H,80,81)(H,82,83)(H,84,85)/t44-,46-,48-,49-/m0/s1. The van der Waals surface area contributed by atoms with Gasteiger partial charge in [-0.15, -0.1) is 0 Å². The molecule has 0 unspecified atom stereocenters. The maximum absolute atomic E-state index is 14.4. The number of aryl methyl sites for hydroxylation is 1. The topological polar surface area (TPSA) is 326 Å². The lowest BCUT2D eigenvalue weighted by Crippen LogP contribution is -2.52. The van der Waals surface area contributed by atoms with E-state index in [1.54, 1.807) is 30.6 Å². The number of hydrogen-bond donors (Lipinski definition) is 7. The molecule has 5 aliphatic rings. The SMILES string of the molecule is N#C[C@@H]1CC(F)(F)CN1C(=O)[C@@H]1C[C@@H](CC(=O)N2Cc3cccc(CC4CCN(C(=O)[C@H](CCCCNC(=O)CN5CCN(CC(=O)O)CCN(CC(=O)O)CCN(CC(=O)O)CC5)NC(=O)CNC(=O)CCCc5ccc(I)cc5)CC4)c3C2)C(=O)N1. The van der Waals surface area contributed by atoms with Crippen LogP contribution in [0.1, 0.15) is 86.5 Å². The maximum atomic E-state index is 14.4. The van der Waals surface area contributed by atoms with Crippen LogP contribution in [0.5, 0.6) is 0 Å². The highest BCUT2D eigenvalue weighted by atomic mass is 127. The van der Waals surface area contributed by atoms with Crippen LogP contribution in [0.3, 0.4) is 0 Å². The second-order valence-electron chi connectivity index (χ2n) is 23.7. The van der Waals surface area contributed by atoms with Crippen molar-refractivity contribution >= 4 is 81.8 Å². The first-order chi connectivity index (χ1) is 42.0. The Balaban J connectivity index is 0.903. The summed E-state index contributed by atoms with van der Waals surface area (Å²) in [6.07, 6.45) is 3.55. The predicted octanol–water partition coefficient (Wildman–Crippen LogP) is 0.955. The molecule has 4 fully saturated rings. The highest BCUT2D eigenvalue weighted by molar-refractivity contribution is 14.1. The monoisotopic (exact) mass is 1340 g/mol. The van der Waals surface area contributed by atoms with E-state index in [0.29, 0.717) is 71.1 Å². The maximum Gasteiger partial charge on any atom is 0.317 e. The molecule has 5 heterocycles. The number of halogens is 3. The summed E-state index contributed by atoms with van der Waals surface area (Å²) in [6, 6.07) is 12.3. The van der Waals surface area contributed by atoms with E-state index in [2.05, 4.69) is 43.9 Å². The van der Waals surface area contributed by atoms with E-state index >= 15 is 0 Å². The number of nitrogens with one attached hydrogen (secondary N) is 4. The van der Waals surface area contributed by atoms with Crippen LogP contribution >= 0.6 is 22.6 Å². The van der Waals surface area contributed by atoms with Crippen LogP contribution in [0.15, 0.2) is 42.5 Å². The first-order valence-corrected chi connectivity index (χ1v) is 31.3. The zero-order chi connectivity index (χ0) is 63.5. The Kier molecular flexibility index (Phi) is 25.7. The number of nitriles is 1. The summed E-state index contributed by atoms with van der Waals surface area (Å²) < 4.78 is 29.3. The molecule has 480 valence electrons. The number of alkyl halides is 2. The van der Waals surface area contributed by atoms with Crippen LogP contribution in [0.4, 0.5) is 8.78 Å². The Bertz CT molecular complexity index is 2840. The summed E-state index contributed by atoms with van der Waals surface area (Å²) in [5.41, 5.74) is 4.12. The van der Waals surface area contributed by atoms with Crippen molar-refractivity contribution in [1.29, 1.82) is 5.26 Å². The van der Waals surface area contributed by atoms with Crippen molar-refractivity contribution < 1.29 is 72.0 Å². The average Bonchev–Trinajstić information content (AvgIpc) is 3.47. The van der Waals surface area contributed by atoms with Crippen molar-refractivity contribution in [2.75, 3.05) is 111 Å². The van der Waals surface area contributed by atoms with Gasteiger partial charge in [0.1, 0.15) is 18.1 Å². The van der Waals surface area contributed by atoms with Crippen molar-refractivity contribution in [2.45, 2.75) is 114 Å². The number of carboxylic acids is 3. The Labute approximate surface area is 523 Å². The number of hydrogen-bond acceptors (Lipinski definition) is 15. The minimum Gasteiger partial charge on any atom is -0.480 e. The molecule has 0 spiro atoms. The van der Waals surface area contributed by atoms with Crippen LogP contribution < -0.4 is 21.3 Å². The van der Waals surface area contributed by atoms with E-state index in [-0.39, 0.29) is 147 Å². The molecule has 0 aromatic heterocycles. The van der Waals surface area contributed by atoms with Crippen LogP contribution in [0, 0.1) is 26.7 Å². The van der Waals surface area contributed by atoms with Crippen LogP contribution in [-0.2, 0) is 73.9 Å². The summed E-state index contributed by atoms with van der Waals surface area (Å²) in [5, 5.41) is 49.1. The lowest BCUT2D eigenvalue weighted by atomic mass is 9.87. The van der Waals surface area contributed by atoms with Gasteiger partial charge in [-0.3, -0.25) is 67.5 Å². The first-order valence-electron chi connectivity index (χ1n) is 30.2. The minimum absolute atomic E-state index is 0.0536. The Morgan fingerprint density at radius 3 is 1.92 bits per heavy atom. The zero-order valence-corrected chi connectivity index (χ0v) is 51.6. The van der Waals surface area contributed by atoms with Gasteiger partial charge >= 0.3 is 17.9 Å². The van der Waals surface area contributed by atoms with E-state index in [9.17, 15) is 77.3 Å². The minimum atomic E-state index is -3.21. The molecule has 88 heavy (non-hydrogen) atoms. The van der Waals surface area contributed by atoms with Gasteiger partial charge in [0.15, 0.2) is 0 Å². The van der Waals surface area contributed by atoms with Gasteiger partial charge in [0, 0.05) is 114 Å². The number of fused-ring (bicyclic) bond motifs is 1. The van der Waals surface area contributed by atoms with Crippen molar-refractivity contribution in [2.24, 2.45) is 11.8 Å². The number of aliphatic carboxylic acids is 3. The number of carbonyl (C=O) groups excluding carboxylic acids is 7. The number of carboxylic acid groups (broad SMARTS) is 3. The number of nitrogens with zero attached hydrogens (tertiary/aromatic N) is 8. The normalized spacial score (nSPS) is 21.0. The summed E-state index contributed by atoms with van der Waals surface area (Å²) in [7, 11) is 0. The van der Waals surface area contributed by atoms with Gasteiger partial charge in [0.25, 0.3) is 5.92 Å².